The van der Waals surface area contributed by atoms with Crippen LogP contribution in [-0.2, 0) is 17.6 Å². The molecule has 0 fully saturated rings. The number of nitrogens with one attached hydrogen (secondary N) is 1. The predicted octanol–water partition coefficient (Wildman–Crippen LogP) is 3.49. The molecular weight excluding hydrogens is 299 g/mol. The summed E-state index contributed by atoms with van der Waals surface area (Å²) < 4.78 is 24.4. The van der Waals surface area contributed by atoms with Crippen molar-refractivity contribution in [3.05, 3.63) is 41.3 Å². The largest absolute Gasteiger partial charge is 0.478 e. The van der Waals surface area contributed by atoms with Crippen molar-refractivity contribution in [3.63, 3.8) is 0 Å². The fourth-order valence-corrected chi connectivity index (χ4v) is 2.70. The van der Waals surface area contributed by atoms with Crippen LogP contribution in [0, 0.1) is 5.82 Å². The SMILES string of the molecule is CCC(Oc1ccccc1F)C(=O)Nc1onc2c1CCCC2. The van der Waals surface area contributed by atoms with Crippen molar-refractivity contribution in [2.75, 3.05) is 5.32 Å². The highest BCUT2D eigenvalue weighted by atomic mass is 19.1. The maximum atomic E-state index is 13.7. The van der Waals surface area contributed by atoms with Gasteiger partial charge in [-0.25, -0.2) is 4.39 Å². The van der Waals surface area contributed by atoms with Crippen LogP contribution in [0.1, 0.15) is 37.4 Å². The number of aryl methyl sites for hydroxylation is 1. The number of para-hydroxylation sites is 1. The van der Waals surface area contributed by atoms with Crippen molar-refractivity contribution < 1.29 is 18.4 Å². The number of hydrogen-bond acceptors (Lipinski definition) is 4. The number of carbonyl (C=O) groups excluding carboxylic acids is 1. The van der Waals surface area contributed by atoms with Gasteiger partial charge in [0.15, 0.2) is 17.7 Å². The molecule has 1 heterocycles. The Hall–Kier alpha value is -2.37. The van der Waals surface area contributed by atoms with E-state index in [1.807, 2.05) is 0 Å². The van der Waals surface area contributed by atoms with Gasteiger partial charge in [0.2, 0.25) is 5.88 Å². The number of aromatic nitrogens is 1. The first kappa shape index (κ1) is 15.5. The number of fused-ring (bicyclic) bond motifs is 1. The lowest BCUT2D eigenvalue weighted by atomic mass is 9.97. The molecule has 1 aliphatic carbocycles. The molecule has 122 valence electrons. The van der Waals surface area contributed by atoms with E-state index < -0.39 is 11.9 Å². The average Bonchev–Trinajstić information content (AvgIpc) is 2.97. The maximum absolute atomic E-state index is 13.7. The molecule has 0 spiro atoms. The minimum Gasteiger partial charge on any atom is -0.478 e. The summed E-state index contributed by atoms with van der Waals surface area (Å²) in [5.74, 6) is -0.398. The highest BCUT2D eigenvalue weighted by Gasteiger charge is 2.25. The van der Waals surface area contributed by atoms with Crippen LogP contribution in [0.5, 0.6) is 5.75 Å². The summed E-state index contributed by atoms with van der Waals surface area (Å²) in [6.45, 7) is 1.81. The average molecular weight is 318 g/mol. The van der Waals surface area contributed by atoms with Crippen molar-refractivity contribution in [1.82, 2.24) is 5.16 Å². The molecule has 2 aromatic rings. The van der Waals surface area contributed by atoms with Gasteiger partial charge in [-0.3, -0.25) is 10.1 Å². The smallest absolute Gasteiger partial charge is 0.267 e. The zero-order valence-corrected chi connectivity index (χ0v) is 13.0. The molecule has 23 heavy (non-hydrogen) atoms. The zero-order chi connectivity index (χ0) is 16.2. The van der Waals surface area contributed by atoms with E-state index in [9.17, 15) is 9.18 Å². The zero-order valence-electron chi connectivity index (χ0n) is 13.0. The minimum atomic E-state index is -0.795. The van der Waals surface area contributed by atoms with Crippen LogP contribution in [0.2, 0.25) is 0 Å². The number of carbonyl (C=O) groups is 1. The van der Waals surface area contributed by atoms with Gasteiger partial charge in [0.05, 0.1) is 5.69 Å². The molecule has 0 saturated carbocycles. The number of hydrogen-bond donors (Lipinski definition) is 1. The highest BCUT2D eigenvalue weighted by molar-refractivity contribution is 5.93. The van der Waals surface area contributed by atoms with Gasteiger partial charge in [-0.1, -0.05) is 24.2 Å². The molecule has 0 aliphatic heterocycles. The number of nitrogens with zero attached hydrogens (tertiary/aromatic N) is 1. The van der Waals surface area contributed by atoms with Gasteiger partial charge in [0.1, 0.15) is 0 Å². The lowest BCUT2D eigenvalue weighted by molar-refractivity contribution is -0.123. The first-order chi connectivity index (χ1) is 11.2. The van der Waals surface area contributed by atoms with Gasteiger partial charge in [0, 0.05) is 5.56 Å². The van der Waals surface area contributed by atoms with E-state index in [1.165, 1.54) is 12.1 Å². The molecule has 0 radical (unpaired) electrons. The highest BCUT2D eigenvalue weighted by Crippen LogP contribution is 2.28. The number of halogens is 1. The van der Waals surface area contributed by atoms with E-state index in [0.717, 1.165) is 36.9 Å². The molecule has 1 atom stereocenters. The molecule has 1 amide bonds. The Morgan fingerprint density at radius 3 is 2.96 bits per heavy atom. The standard InChI is InChI=1S/C17H19FN2O3/c1-2-14(22-15-10-6-4-8-12(15)18)16(21)19-17-11-7-3-5-9-13(11)20-23-17/h4,6,8,10,14H,2-3,5,7,9H2,1H3,(H,19,21). The molecule has 0 bridgehead atoms. The first-order valence-electron chi connectivity index (χ1n) is 7.88. The third kappa shape index (κ3) is 3.36. The second kappa shape index (κ2) is 6.81. The third-order valence-electron chi connectivity index (χ3n) is 3.97. The minimum absolute atomic E-state index is 0.0640. The van der Waals surface area contributed by atoms with E-state index in [0.29, 0.717) is 12.3 Å². The maximum Gasteiger partial charge on any atom is 0.267 e. The predicted molar refractivity (Wildman–Crippen MR) is 82.9 cm³/mol. The van der Waals surface area contributed by atoms with Gasteiger partial charge in [-0.2, -0.15) is 0 Å². The van der Waals surface area contributed by atoms with Crippen LogP contribution in [0.3, 0.4) is 0 Å². The van der Waals surface area contributed by atoms with Gasteiger partial charge in [-0.05, 0) is 44.2 Å². The summed E-state index contributed by atoms with van der Waals surface area (Å²) in [5.41, 5.74) is 1.87. The summed E-state index contributed by atoms with van der Waals surface area (Å²) in [6, 6.07) is 6.04. The molecule has 3 rings (SSSR count). The number of rotatable bonds is 5. The van der Waals surface area contributed by atoms with Crippen LogP contribution in [-0.4, -0.2) is 17.2 Å². The Bertz CT molecular complexity index is 699. The van der Waals surface area contributed by atoms with E-state index in [1.54, 1.807) is 19.1 Å². The van der Waals surface area contributed by atoms with Crippen LogP contribution >= 0.6 is 0 Å². The summed E-state index contributed by atoms with van der Waals surface area (Å²) >= 11 is 0. The van der Waals surface area contributed by atoms with E-state index >= 15 is 0 Å². The lowest BCUT2D eigenvalue weighted by Crippen LogP contribution is -2.32. The number of ether oxygens (including phenoxy) is 1. The molecule has 1 aromatic heterocycles. The van der Waals surface area contributed by atoms with E-state index in [2.05, 4.69) is 10.5 Å². The molecule has 1 N–H and O–H groups in total. The van der Waals surface area contributed by atoms with Gasteiger partial charge in [0.25, 0.3) is 5.91 Å². The van der Waals surface area contributed by atoms with Crippen LogP contribution in [0.4, 0.5) is 10.3 Å². The Balaban J connectivity index is 1.71. The van der Waals surface area contributed by atoms with Crippen molar-refractivity contribution in [1.29, 1.82) is 0 Å². The van der Waals surface area contributed by atoms with Crippen molar-refractivity contribution in [3.8, 4) is 5.75 Å². The Morgan fingerprint density at radius 1 is 1.39 bits per heavy atom. The van der Waals surface area contributed by atoms with Gasteiger partial charge in [-0.15, -0.1) is 0 Å². The van der Waals surface area contributed by atoms with Crippen LogP contribution < -0.4 is 10.1 Å². The number of anilines is 1. The fraction of sp³-hybridized carbons (Fsp3) is 0.412. The Labute approximate surface area is 133 Å². The van der Waals surface area contributed by atoms with Gasteiger partial charge < -0.3 is 9.26 Å². The lowest BCUT2D eigenvalue weighted by Gasteiger charge is -2.17. The number of benzene rings is 1. The van der Waals surface area contributed by atoms with Crippen molar-refractivity contribution in [2.45, 2.75) is 45.1 Å². The van der Waals surface area contributed by atoms with E-state index in [-0.39, 0.29) is 11.7 Å². The van der Waals surface area contributed by atoms with Crippen molar-refractivity contribution >= 4 is 11.8 Å². The molecule has 1 aromatic carbocycles. The summed E-state index contributed by atoms with van der Waals surface area (Å²) in [6.07, 6.45) is 3.48. The Morgan fingerprint density at radius 2 is 2.17 bits per heavy atom. The monoisotopic (exact) mass is 318 g/mol. The first-order valence-corrected chi connectivity index (χ1v) is 7.88. The quantitative estimate of drug-likeness (QED) is 0.916. The normalized spacial score (nSPS) is 14.9. The van der Waals surface area contributed by atoms with Crippen LogP contribution in [0.25, 0.3) is 0 Å². The second-order valence-electron chi connectivity index (χ2n) is 5.58. The Kier molecular flexibility index (Phi) is 4.60. The topological polar surface area (TPSA) is 64.4 Å². The van der Waals surface area contributed by atoms with Gasteiger partial charge >= 0.3 is 0 Å². The van der Waals surface area contributed by atoms with E-state index in [4.69, 9.17) is 9.26 Å². The molecule has 1 aliphatic rings. The molecule has 6 heteroatoms. The van der Waals surface area contributed by atoms with Crippen molar-refractivity contribution in [2.24, 2.45) is 0 Å². The fourth-order valence-electron chi connectivity index (χ4n) is 2.70. The third-order valence-corrected chi connectivity index (χ3v) is 3.97. The summed E-state index contributed by atoms with van der Waals surface area (Å²) in [4.78, 5) is 12.4. The van der Waals surface area contributed by atoms with Crippen LogP contribution in [0.15, 0.2) is 28.8 Å². The molecule has 0 saturated heterocycles. The molecule has 5 nitrogen and oxygen atoms in total. The second-order valence-corrected chi connectivity index (χ2v) is 5.58. The molecule has 1 unspecified atom stereocenters. The summed E-state index contributed by atoms with van der Waals surface area (Å²) in [5, 5.41) is 6.73. The molecular formula is C17H19FN2O3. The number of amides is 1. The summed E-state index contributed by atoms with van der Waals surface area (Å²) in [7, 11) is 0.